The van der Waals surface area contributed by atoms with Crippen LogP contribution in [0.1, 0.15) is 25.1 Å². The minimum Gasteiger partial charge on any atom is -0.354 e. The highest BCUT2D eigenvalue weighted by molar-refractivity contribution is 7.13. The fourth-order valence-electron chi connectivity index (χ4n) is 2.84. The summed E-state index contributed by atoms with van der Waals surface area (Å²) in [6.45, 7) is 4.48. The highest BCUT2D eigenvalue weighted by Crippen LogP contribution is 2.27. The molecule has 1 aliphatic heterocycles. The predicted molar refractivity (Wildman–Crippen MR) is 87.1 cm³/mol. The Bertz CT molecular complexity index is 609. The van der Waals surface area contributed by atoms with Crippen molar-refractivity contribution in [2.45, 2.75) is 38.8 Å². The molecule has 0 saturated carbocycles. The third-order valence-corrected chi connectivity index (χ3v) is 4.83. The van der Waals surface area contributed by atoms with Crippen LogP contribution in [0.5, 0.6) is 0 Å². The van der Waals surface area contributed by atoms with Crippen LogP contribution in [0.2, 0.25) is 0 Å². The molecule has 7 heteroatoms. The van der Waals surface area contributed by atoms with Crippen LogP contribution in [0.4, 0.5) is 5.13 Å². The van der Waals surface area contributed by atoms with Crippen molar-refractivity contribution in [3.8, 4) is 0 Å². The lowest BCUT2D eigenvalue weighted by molar-refractivity contribution is -0.122. The van der Waals surface area contributed by atoms with Gasteiger partial charge < -0.3 is 14.8 Å². The van der Waals surface area contributed by atoms with E-state index < -0.39 is 0 Å². The summed E-state index contributed by atoms with van der Waals surface area (Å²) in [5, 5.41) is 5.97. The highest BCUT2D eigenvalue weighted by Gasteiger charge is 2.31. The number of amides is 1. The van der Waals surface area contributed by atoms with Gasteiger partial charge in [0, 0.05) is 43.6 Å². The SMILES string of the molecule is Cc1nccn1CCCNC(=O)[C@H]1CCCN1c1nccs1. The van der Waals surface area contributed by atoms with Gasteiger partial charge in [0.15, 0.2) is 5.13 Å². The molecule has 0 aliphatic carbocycles. The number of anilines is 1. The topological polar surface area (TPSA) is 63.1 Å². The van der Waals surface area contributed by atoms with Gasteiger partial charge in [-0.25, -0.2) is 9.97 Å². The number of hydrogen-bond acceptors (Lipinski definition) is 5. The van der Waals surface area contributed by atoms with E-state index >= 15 is 0 Å². The second-order valence-corrected chi connectivity index (χ2v) is 6.35. The van der Waals surface area contributed by atoms with Crippen LogP contribution in [-0.2, 0) is 11.3 Å². The van der Waals surface area contributed by atoms with Crippen LogP contribution < -0.4 is 10.2 Å². The van der Waals surface area contributed by atoms with Crippen LogP contribution >= 0.6 is 11.3 Å². The Kier molecular flexibility index (Phi) is 4.72. The Balaban J connectivity index is 1.46. The van der Waals surface area contributed by atoms with E-state index in [9.17, 15) is 4.79 Å². The zero-order valence-electron chi connectivity index (χ0n) is 12.7. The minimum absolute atomic E-state index is 0.0684. The monoisotopic (exact) mass is 319 g/mol. The first-order valence-electron chi connectivity index (χ1n) is 7.67. The molecule has 2 aromatic heterocycles. The number of imidazole rings is 1. The quantitative estimate of drug-likeness (QED) is 0.825. The maximum atomic E-state index is 12.4. The third-order valence-electron chi connectivity index (χ3n) is 4.02. The van der Waals surface area contributed by atoms with E-state index in [1.165, 1.54) is 0 Å². The van der Waals surface area contributed by atoms with E-state index in [2.05, 4.69) is 24.8 Å². The Labute approximate surface area is 134 Å². The third kappa shape index (κ3) is 3.30. The fraction of sp³-hybridized carbons (Fsp3) is 0.533. The van der Waals surface area contributed by atoms with E-state index in [0.717, 1.165) is 43.3 Å². The fourth-order valence-corrected chi connectivity index (χ4v) is 3.56. The summed E-state index contributed by atoms with van der Waals surface area (Å²) < 4.78 is 2.10. The number of carbonyl (C=O) groups is 1. The maximum Gasteiger partial charge on any atom is 0.242 e. The van der Waals surface area contributed by atoms with E-state index in [4.69, 9.17) is 0 Å². The van der Waals surface area contributed by atoms with Gasteiger partial charge in [-0.1, -0.05) is 0 Å². The molecule has 1 aliphatic rings. The summed E-state index contributed by atoms with van der Waals surface area (Å²) in [6, 6.07) is -0.0684. The van der Waals surface area contributed by atoms with Gasteiger partial charge >= 0.3 is 0 Å². The molecule has 118 valence electrons. The van der Waals surface area contributed by atoms with E-state index in [1.54, 1.807) is 23.7 Å². The summed E-state index contributed by atoms with van der Waals surface area (Å²) in [7, 11) is 0. The second kappa shape index (κ2) is 6.91. The first kappa shape index (κ1) is 15.0. The first-order valence-corrected chi connectivity index (χ1v) is 8.55. The molecule has 1 N–H and O–H groups in total. The van der Waals surface area contributed by atoms with Crippen LogP contribution in [0.3, 0.4) is 0 Å². The van der Waals surface area contributed by atoms with E-state index in [0.29, 0.717) is 6.54 Å². The Morgan fingerprint density at radius 3 is 3.09 bits per heavy atom. The Morgan fingerprint density at radius 1 is 1.45 bits per heavy atom. The lowest BCUT2D eigenvalue weighted by Crippen LogP contribution is -2.43. The highest BCUT2D eigenvalue weighted by atomic mass is 32.1. The van der Waals surface area contributed by atoms with Crippen molar-refractivity contribution in [3.63, 3.8) is 0 Å². The molecule has 1 fully saturated rings. The smallest absolute Gasteiger partial charge is 0.242 e. The zero-order chi connectivity index (χ0) is 15.4. The van der Waals surface area contributed by atoms with Crippen molar-refractivity contribution in [1.82, 2.24) is 19.9 Å². The number of thiazole rings is 1. The van der Waals surface area contributed by atoms with Gasteiger partial charge in [-0.05, 0) is 26.2 Å². The van der Waals surface area contributed by atoms with Crippen molar-refractivity contribution < 1.29 is 4.79 Å². The number of nitrogens with one attached hydrogen (secondary N) is 1. The summed E-state index contributed by atoms with van der Waals surface area (Å²) >= 11 is 1.59. The standard InChI is InChI=1S/C15H21N5OS/c1-12-16-6-10-19(12)8-3-5-17-14(21)13-4-2-9-20(13)15-18-7-11-22-15/h6-7,10-11,13H,2-5,8-9H2,1H3,(H,17,21)/t13-/m1/s1. The normalized spacial score (nSPS) is 17.9. The molecule has 3 heterocycles. The average molecular weight is 319 g/mol. The lowest BCUT2D eigenvalue weighted by Gasteiger charge is -2.23. The van der Waals surface area contributed by atoms with Crippen molar-refractivity contribution in [1.29, 1.82) is 0 Å². The molecule has 1 atom stereocenters. The van der Waals surface area contributed by atoms with Crippen molar-refractivity contribution in [2.75, 3.05) is 18.0 Å². The van der Waals surface area contributed by atoms with Crippen molar-refractivity contribution in [2.24, 2.45) is 0 Å². The van der Waals surface area contributed by atoms with Gasteiger partial charge in [0.05, 0.1) is 0 Å². The number of hydrogen-bond donors (Lipinski definition) is 1. The Morgan fingerprint density at radius 2 is 2.36 bits per heavy atom. The summed E-state index contributed by atoms with van der Waals surface area (Å²) in [5.74, 6) is 1.13. The molecule has 22 heavy (non-hydrogen) atoms. The molecular formula is C15H21N5OS. The van der Waals surface area contributed by atoms with Crippen molar-refractivity contribution >= 4 is 22.4 Å². The van der Waals surface area contributed by atoms with Gasteiger partial charge in [-0.2, -0.15) is 0 Å². The molecule has 0 spiro atoms. The van der Waals surface area contributed by atoms with Gasteiger partial charge in [0.1, 0.15) is 11.9 Å². The number of rotatable bonds is 6. The van der Waals surface area contributed by atoms with Crippen molar-refractivity contribution in [3.05, 3.63) is 29.8 Å². The summed E-state index contributed by atoms with van der Waals surface area (Å²) in [5.41, 5.74) is 0. The first-order chi connectivity index (χ1) is 10.8. The molecule has 0 radical (unpaired) electrons. The minimum atomic E-state index is -0.0684. The predicted octanol–water partition coefficient (Wildman–Crippen LogP) is 1.82. The number of aromatic nitrogens is 3. The van der Waals surface area contributed by atoms with Gasteiger partial charge in [-0.3, -0.25) is 4.79 Å². The van der Waals surface area contributed by atoms with Gasteiger partial charge in [0.2, 0.25) is 5.91 Å². The van der Waals surface area contributed by atoms with E-state index in [-0.39, 0.29) is 11.9 Å². The Hall–Kier alpha value is -1.89. The van der Waals surface area contributed by atoms with Crippen LogP contribution in [0.25, 0.3) is 0 Å². The zero-order valence-corrected chi connectivity index (χ0v) is 13.6. The molecule has 0 aromatic carbocycles. The van der Waals surface area contributed by atoms with Gasteiger partial charge in [-0.15, -0.1) is 11.3 Å². The van der Waals surface area contributed by atoms with Gasteiger partial charge in [0.25, 0.3) is 0 Å². The summed E-state index contributed by atoms with van der Waals surface area (Å²) in [4.78, 5) is 23.0. The molecule has 0 bridgehead atoms. The molecule has 1 amide bonds. The average Bonchev–Trinajstić information content (AvgIpc) is 3.24. The largest absolute Gasteiger partial charge is 0.354 e. The van der Waals surface area contributed by atoms with Crippen LogP contribution in [0.15, 0.2) is 24.0 Å². The lowest BCUT2D eigenvalue weighted by atomic mass is 10.2. The number of aryl methyl sites for hydroxylation is 2. The maximum absolute atomic E-state index is 12.4. The molecule has 3 rings (SSSR count). The molecule has 1 saturated heterocycles. The summed E-state index contributed by atoms with van der Waals surface area (Å²) in [6.07, 6.45) is 8.43. The number of carbonyl (C=O) groups excluding carboxylic acids is 1. The van der Waals surface area contributed by atoms with Crippen LogP contribution in [-0.4, -0.2) is 39.6 Å². The van der Waals surface area contributed by atoms with E-state index in [1.807, 2.05) is 18.5 Å². The molecule has 6 nitrogen and oxygen atoms in total. The molecule has 2 aromatic rings. The molecule has 0 unspecified atom stereocenters. The van der Waals surface area contributed by atoms with Crippen LogP contribution in [0, 0.1) is 6.92 Å². The number of nitrogens with zero attached hydrogens (tertiary/aromatic N) is 4. The second-order valence-electron chi connectivity index (χ2n) is 5.48. The molecular weight excluding hydrogens is 298 g/mol.